The third-order valence-electron chi connectivity index (χ3n) is 4.85. The van der Waals surface area contributed by atoms with E-state index in [1.165, 1.54) is 0 Å². The molecule has 1 aromatic carbocycles. The van der Waals surface area contributed by atoms with Gasteiger partial charge in [-0.1, -0.05) is 12.1 Å². The minimum atomic E-state index is -0.592. The number of rotatable bonds is 7. The SMILES string of the molecule is CNC(=O)C(c1cccc(O)c1)N1CCCC1C(=O)N(C)CCN(C)C. The quantitative estimate of drug-likeness (QED) is 0.745. The topological polar surface area (TPSA) is 76.1 Å². The number of phenols is 1. The van der Waals surface area contributed by atoms with Gasteiger partial charge in [0.1, 0.15) is 11.8 Å². The summed E-state index contributed by atoms with van der Waals surface area (Å²) in [7, 11) is 7.35. The lowest BCUT2D eigenvalue weighted by Gasteiger charge is -2.33. The van der Waals surface area contributed by atoms with Crippen molar-refractivity contribution in [3.63, 3.8) is 0 Å². The molecule has 7 nitrogen and oxygen atoms in total. The van der Waals surface area contributed by atoms with Gasteiger partial charge in [-0.25, -0.2) is 0 Å². The van der Waals surface area contributed by atoms with Crippen molar-refractivity contribution >= 4 is 11.8 Å². The molecule has 7 heteroatoms. The van der Waals surface area contributed by atoms with Crippen LogP contribution in [0, 0.1) is 0 Å². The number of amides is 2. The van der Waals surface area contributed by atoms with Gasteiger partial charge in [0.2, 0.25) is 11.8 Å². The van der Waals surface area contributed by atoms with Crippen molar-refractivity contribution in [1.82, 2.24) is 20.0 Å². The van der Waals surface area contributed by atoms with Crippen LogP contribution in [0.3, 0.4) is 0 Å². The first-order valence-corrected chi connectivity index (χ1v) is 9.01. The van der Waals surface area contributed by atoms with E-state index in [1.54, 1.807) is 30.1 Å². The number of phenolic OH excluding ortho intramolecular Hbond substituents is 1. The average Bonchev–Trinajstić information content (AvgIpc) is 3.08. The van der Waals surface area contributed by atoms with Crippen molar-refractivity contribution < 1.29 is 14.7 Å². The Morgan fingerprint density at radius 2 is 2.04 bits per heavy atom. The highest BCUT2D eigenvalue weighted by molar-refractivity contribution is 5.86. The maximum atomic E-state index is 13.0. The van der Waals surface area contributed by atoms with Gasteiger partial charge in [-0.3, -0.25) is 14.5 Å². The third kappa shape index (κ3) is 4.74. The number of nitrogens with zero attached hydrogens (tertiary/aromatic N) is 3. The first kappa shape index (κ1) is 20.2. The van der Waals surface area contributed by atoms with Crippen LogP contribution in [0.15, 0.2) is 24.3 Å². The number of hydrogen-bond donors (Lipinski definition) is 2. The van der Waals surface area contributed by atoms with Crippen molar-refractivity contribution in [2.24, 2.45) is 0 Å². The van der Waals surface area contributed by atoms with E-state index in [2.05, 4.69) is 5.32 Å². The molecule has 1 fully saturated rings. The predicted molar refractivity (Wildman–Crippen MR) is 101 cm³/mol. The van der Waals surface area contributed by atoms with Gasteiger partial charge >= 0.3 is 0 Å². The number of benzene rings is 1. The Bertz CT molecular complexity index is 635. The minimum Gasteiger partial charge on any atom is -0.508 e. The normalized spacial score (nSPS) is 18.7. The Hall–Kier alpha value is -2.12. The summed E-state index contributed by atoms with van der Waals surface area (Å²) in [5, 5.41) is 12.5. The van der Waals surface area contributed by atoms with Crippen molar-refractivity contribution in [3.05, 3.63) is 29.8 Å². The smallest absolute Gasteiger partial charge is 0.241 e. The van der Waals surface area contributed by atoms with E-state index in [1.807, 2.05) is 37.0 Å². The van der Waals surface area contributed by atoms with Gasteiger partial charge in [0, 0.05) is 33.7 Å². The van der Waals surface area contributed by atoms with E-state index in [4.69, 9.17) is 0 Å². The van der Waals surface area contributed by atoms with E-state index < -0.39 is 6.04 Å². The van der Waals surface area contributed by atoms with Gasteiger partial charge in [0.15, 0.2) is 0 Å². The Morgan fingerprint density at radius 3 is 2.65 bits per heavy atom. The number of likely N-dealkylation sites (N-methyl/N-ethyl adjacent to an activating group) is 3. The first-order chi connectivity index (χ1) is 12.3. The molecule has 1 heterocycles. The molecular formula is C19H30N4O3. The zero-order chi connectivity index (χ0) is 19.3. The van der Waals surface area contributed by atoms with Gasteiger partial charge in [-0.15, -0.1) is 0 Å². The lowest BCUT2D eigenvalue weighted by atomic mass is 10.0. The van der Waals surface area contributed by atoms with E-state index in [9.17, 15) is 14.7 Å². The molecule has 0 aliphatic carbocycles. The van der Waals surface area contributed by atoms with Crippen LogP contribution in [0.5, 0.6) is 5.75 Å². The second-order valence-electron chi connectivity index (χ2n) is 7.07. The number of carbonyl (C=O) groups is 2. The molecule has 1 aromatic rings. The molecular weight excluding hydrogens is 332 g/mol. The molecule has 1 aliphatic rings. The molecule has 144 valence electrons. The van der Waals surface area contributed by atoms with Crippen LogP contribution in [0.1, 0.15) is 24.4 Å². The van der Waals surface area contributed by atoms with Crippen molar-refractivity contribution in [2.45, 2.75) is 24.9 Å². The van der Waals surface area contributed by atoms with Gasteiger partial charge in [0.25, 0.3) is 0 Å². The Labute approximate surface area is 155 Å². The van der Waals surface area contributed by atoms with Crippen LogP contribution in [-0.4, -0.2) is 85.5 Å². The van der Waals surface area contributed by atoms with Crippen LogP contribution in [0.25, 0.3) is 0 Å². The monoisotopic (exact) mass is 362 g/mol. The lowest BCUT2D eigenvalue weighted by Crippen LogP contribution is -2.49. The molecule has 2 atom stereocenters. The second-order valence-corrected chi connectivity index (χ2v) is 7.07. The number of aromatic hydroxyl groups is 1. The standard InChI is InChI=1S/C19H30N4O3/c1-20-18(25)17(14-7-5-8-15(24)13-14)23-10-6-9-16(23)19(26)22(4)12-11-21(2)3/h5,7-8,13,16-17,24H,6,9-12H2,1-4H3,(H,20,25). The summed E-state index contributed by atoms with van der Waals surface area (Å²) < 4.78 is 0. The number of likely N-dealkylation sites (tertiary alicyclic amines) is 1. The summed E-state index contributed by atoms with van der Waals surface area (Å²) in [6.45, 7) is 2.11. The van der Waals surface area contributed by atoms with Crippen molar-refractivity contribution in [1.29, 1.82) is 0 Å². The molecule has 26 heavy (non-hydrogen) atoms. The van der Waals surface area contributed by atoms with E-state index in [0.717, 1.165) is 19.4 Å². The summed E-state index contributed by atoms with van der Waals surface area (Å²) in [5.74, 6) is -0.0220. The molecule has 0 spiro atoms. The Morgan fingerprint density at radius 1 is 1.31 bits per heavy atom. The molecule has 0 bridgehead atoms. The van der Waals surface area contributed by atoms with Crippen LogP contribution < -0.4 is 5.32 Å². The summed E-state index contributed by atoms with van der Waals surface area (Å²) >= 11 is 0. The van der Waals surface area contributed by atoms with E-state index in [0.29, 0.717) is 18.7 Å². The third-order valence-corrected chi connectivity index (χ3v) is 4.85. The number of carbonyl (C=O) groups excluding carboxylic acids is 2. The predicted octanol–water partition coefficient (Wildman–Crippen LogP) is 0.664. The molecule has 1 aliphatic heterocycles. The summed E-state index contributed by atoms with van der Waals surface area (Å²) in [4.78, 5) is 31.3. The highest BCUT2D eigenvalue weighted by Gasteiger charge is 2.40. The average molecular weight is 362 g/mol. The molecule has 0 aromatic heterocycles. The molecule has 2 unspecified atom stereocenters. The Kier molecular flexibility index (Phi) is 6.99. The van der Waals surface area contributed by atoms with Crippen molar-refractivity contribution in [2.75, 3.05) is 47.8 Å². The minimum absolute atomic E-state index is 0.0402. The molecule has 1 saturated heterocycles. The fourth-order valence-corrected chi connectivity index (χ4v) is 3.40. The summed E-state index contributed by atoms with van der Waals surface area (Å²) in [6, 6.07) is 5.78. The van der Waals surface area contributed by atoms with E-state index in [-0.39, 0.29) is 23.6 Å². The van der Waals surface area contributed by atoms with Gasteiger partial charge in [0.05, 0.1) is 6.04 Å². The van der Waals surface area contributed by atoms with Crippen LogP contribution in [-0.2, 0) is 9.59 Å². The maximum absolute atomic E-state index is 13.0. The lowest BCUT2D eigenvalue weighted by molar-refractivity contribution is -0.137. The van der Waals surface area contributed by atoms with Crippen LogP contribution >= 0.6 is 0 Å². The zero-order valence-electron chi connectivity index (χ0n) is 16.1. The molecule has 2 amide bonds. The highest BCUT2D eigenvalue weighted by atomic mass is 16.3. The summed E-state index contributed by atoms with van der Waals surface area (Å²) in [5.41, 5.74) is 0.694. The molecule has 0 saturated carbocycles. The maximum Gasteiger partial charge on any atom is 0.241 e. The number of hydrogen-bond acceptors (Lipinski definition) is 5. The van der Waals surface area contributed by atoms with Crippen LogP contribution in [0.4, 0.5) is 0 Å². The fourth-order valence-electron chi connectivity index (χ4n) is 3.40. The van der Waals surface area contributed by atoms with Gasteiger partial charge in [-0.05, 0) is 44.6 Å². The number of nitrogens with one attached hydrogen (secondary N) is 1. The second kappa shape index (κ2) is 9.00. The first-order valence-electron chi connectivity index (χ1n) is 9.01. The van der Waals surface area contributed by atoms with Gasteiger partial charge in [-0.2, -0.15) is 0 Å². The molecule has 2 N–H and O–H groups in total. The summed E-state index contributed by atoms with van der Waals surface area (Å²) in [6.07, 6.45) is 1.60. The highest BCUT2D eigenvalue weighted by Crippen LogP contribution is 2.32. The molecule has 0 radical (unpaired) electrons. The fraction of sp³-hybridized carbons (Fsp3) is 0.579. The zero-order valence-corrected chi connectivity index (χ0v) is 16.1. The van der Waals surface area contributed by atoms with Crippen molar-refractivity contribution in [3.8, 4) is 5.75 Å². The Balaban J connectivity index is 2.23. The van der Waals surface area contributed by atoms with E-state index >= 15 is 0 Å². The molecule has 2 rings (SSSR count). The van der Waals surface area contributed by atoms with Gasteiger partial charge < -0.3 is 20.2 Å². The van der Waals surface area contributed by atoms with Crippen LogP contribution in [0.2, 0.25) is 0 Å². The largest absolute Gasteiger partial charge is 0.508 e.